The average Bonchev–Trinajstić information content (AvgIpc) is 3.54. The van der Waals surface area contributed by atoms with Crippen LogP contribution >= 0.6 is 0 Å². The molecule has 6 heteroatoms. The first-order chi connectivity index (χ1) is 19.6. The number of rotatable bonds is 9. The number of piperidine rings is 1. The second-order valence-corrected chi connectivity index (χ2v) is 11.6. The molecule has 210 valence electrons. The molecule has 4 aromatic rings. The fraction of sp³-hybridized carbons (Fsp3) is 0.441. The molecule has 3 aromatic carbocycles. The fourth-order valence-corrected chi connectivity index (χ4v) is 6.68. The van der Waals surface area contributed by atoms with Crippen molar-refractivity contribution in [1.29, 1.82) is 0 Å². The molecule has 1 N–H and O–H groups in total. The zero-order valence-corrected chi connectivity index (χ0v) is 23.9. The van der Waals surface area contributed by atoms with Crippen molar-refractivity contribution in [3.05, 3.63) is 77.9 Å². The number of nitrogens with one attached hydrogen (secondary N) is 1. The summed E-state index contributed by atoms with van der Waals surface area (Å²) < 4.78 is 8.76. The Morgan fingerprint density at radius 3 is 2.55 bits per heavy atom. The number of amides is 1. The molecule has 0 radical (unpaired) electrons. The molecule has 2 saturated heterocycles. The quantitative estimate of drug-likeness (QED) is 0.281. The molecule has 6 nitrogen and oxygen atoms in total. The van der Waals surface area contributed by atoms with Gasteiger partial charge in [-0.1, -0.05) is 30.3 Å². The second kappa shape index (κ2) is 12.0. The van der Waals surface area contributed by atoms with Crippen LogP contribution in [0.2, 0.25) is 0 Å². The van der Waals surface area contributed by atoms with Crippen molar-refractivity contribution in [3.63, 3.8) is 0 Å². The normalized spacial score (nSPS) is 19.0. The number of fused-ring (bicyclic) bond motifs is 3. The Kier molecular flexibility index (Phi) is 8.08. The van der Waals surface area contributed by atoms with Crippen molar-refractivity contribution in [1.82, 2.24) is 19.7 Å². The summed E-state index contributed by atoms with van der Waals surface area (Å²) in [4.78, 5) is 17.7. The Bertz CT molecular complexity index is 1470. The first-order valence-electron chi connectivity index (χ1n) is 15.1. The fourth-order valence-electron chi connectivity index (χ4n) is 6.68. The first-order valence-corrected chi connectivity index (χ1v) is 15.1. The highest BCUT2D eigenvalue weighted by Crippen LogP contribution is 2.30. The van der Waals surface area contributed by atoms with Crippen molar-refractivity contribution < 1.29 is 9.53 Å². The summed E-state index contributed by atoms with van der Waals surface area (Å²) in [5.41, 5.74) is 4.67. The van der Waals surface area contributed by atoms with Crippen LogP contribution in [-0.2, 0) is 13.1 Å². The van der Waals surface area contributed by atoms with Crippen LogP contribution < -0.4 is 10.1 Å². The van der Waals surface area contributed by atoms with Gasteiger partial charge < -0.3 is 19.5 Å². The van der Waals surface area contributed by atoms with E-state index in [2.05, 4.69) is 76.1 Å². The lowest BCUT2D eigenvalue weighted by molar-refractivity contribution is 0.0934. The minimum Gasteiger partial charge on any atom is -0.490 e. The number of hydrogen-bond donors (Lipinski definition) is 1. The van der Waals surface area contributed by atoms with Crippen LogP contribution in [0.15, 0.2) is 66.7 Å². The number of aromatic nitrogens is 1. The summed E-state index contributed by atoms with van der Waals surface area (Å²) in [5.74, 6) is 0.777. The van der Waals surface area contributed by atoms with Gasteiger partial charge in [0.1, 0.15) is 11.9 Å². The predicted molar refractivity (Wildman–Crippen MR) is 163 cm³/mol. The highest BCUT2D eigenvalue weighted by atomic mass is 16.5. The molecule has 0 aliphatic carbocycles. The number of aryl methyl sites for hydroxylation is 1. The minimum atomic E-state index is -0.0139. The van der Waals surface area contributed by atoms with Gasteiger partial charge in [0.2, 0.25) is 0 Å². The van der Waals surface area contributed by atoms with E-state index >= 15 is 0 Å². The maximum atomic E-state index is 12.7. The molecule has 0 bridgehead atoms. The molecule has 3 heterocycles. The van der Waals surface area contributed by atoms with Gasteiger partial charge in [-0.25, -0.2) is 0 Å². The number of para-hydroxylation sites is 1. The average molecular weight is 539 g/mol. The molecule has 2 fully saturated rings. The highest BCUT2D eigenvalue weighted by molar-refractivity contribution is 6.08. The van der Waals surface area contributed by atoms with Crippen molar-refractivity contribution in [2.24, 2.45) is 0 Å². The maximum absolute atomic E-state index is 12.7. The monoisotopic (exact) mass is 538 g/mol. The molecule has 1 amide bonds. The number of hydrogen-bond acceptors (Lipinski definition) is 4. The molecule has 40 heavy (non-hydrogen) atoms. The smallest absolute Gasteiger partial charge is 0.251 e. The van der Waals surface area contributed by atoms with Gasteiger partial charge in [0.25, 0.3) is 5.91 Å². The Morgan fingerprint density at radius 2 is 1.75 bits per heavy atom. The van der Waals surface area contributed by atoms with E-state index in [0.717, 1.165) is 57.7 Å². The summed E-state index contributed by atoms with van der Waals surface area (Å²) in [6, 6.07) is 24.0. The highest BCUT2D eigenvalue weighted by Gasteiger charge is 2.22. The number of benzene rings is 3. The van der Waals surface area contributed by atoms with E-state index in [-0.39, 0.29) is 12.0 Å². The summed E-state index contributed by atoms with van der Waals surface area (Å²) in [7, 11) is 2.18. The van der Waals surface area contributed by atoms with Crippen LogP contribution in [0.1, 0.15) is 54.9 Å². The molecule has 1 aromatic heterocycles. The number of nitrogens with zero attached hydrogens (tertiary/aromatic N) is 3. The zero-order chi connectivity index (χ0) is 27.5. The van der Waals surface area contributed by atoms with E-state index in [1.165, 1.54) is 40.2 Å². The van der Waals surface area contributed by atoms with Gasteiger partial charge in [-0.15, -0.1) is 0 Å². The van der Waals surface area contributed by atoms with Crippen molar-refractivity contribution in [2.45, 2.75) is 64.3 Å². The van der Waals surface area contributed by atoms with E-state index in [1.54, 1.807) is 0 Å². The van der Waals surface area contributed by atoms with Gasteiger partial charge in [-0.3, -0.25) is 9.69 Å². The summed E-state index contributed by atoms with van der Waals surface area (Å²) in [6.07, 6.45) is 5.65. The largest absolute Gasteiger partial charge is 0.490 e. The molecule has 1 unspecified atom stereocenters. The van der Waals surface area contributed by atoms with Gasteiger partial charge in [0.05, 0.1) is 0 Å². The number of ether oxygens (including phenoxy) is 1. The predicted octanol–water partition coefficient (Wildman–Crippen LogP) is 6.07. The summed E-state index contributed by atoms with van der Waals surface area (Å²) in [5, 5.41) is 5.79. The van der Waals surface area contributed by atoms with Crippen molar-refractivity contribution >= 4 is 27.7 Å². The van der Waals surface area contributed by atoms with Crippen molar-refractivity contribution in [2.75, 3.05) is 33.2 Å². The van der Waals surface area contributed by atoms with Crippen LogP contribution in [-0.4, -0.2) is 65.6 Å². The third-order valence-electron chi connectivity index (χ3n) is 8.93. The summed E-state index contributed by atoms with van der Waals surface area (Å²) >= 11 is 0. The van der Waals surface area contributed by atoms with Crippen LogP contribution in [0.5, 0.6) is 5.75 Å². The van der Waals surface area contributed by atoms with Gasteiger partial charge in [0.15, 0.2) is 0 Å². The third-order valence-corrected chi connectivity index (χ3v) is 8.93. The molecular weight excluding hydrogens is 496 g/mol. The molecule has 6 rings (SSSR count). The molecule has 0 spiro atoms. The number of carbonyl (C=O) groups excluding carboxylic acids is 1. The van der Waals surface area contributed by atoms with E-state index in [4.69, 9.17) is 4.74 Å². The summed E-state index contributed by atoms with van der Waals surface area (Å²) in [6.45, 7) is 8.05. The van der Waals surface area contributed by atoms with E-state index in [1.807, 2.05) is 24.3 Å². The zero-order valence-electron chi connectivity index (χ0n) is 23.9. The van der Waals surface area contributed by atoms with Gasteiger partial charge in [0, 0.05) is 66.1 Å². The van der Waals surface area contributed by atoms with E-state index in [0.29, 0.717) is 18.2 Å². The van der Waals surface area contributed by atoms with E-state index < -0.39 is 0 Å². The third kappa shape index (κ3) is 5.74. The Balaban J connectivity index is 1.01. The Labute approximate surface area is 237 Å². The molecule has 1 atom stereocenters. The topological polar surface area (TPSA) is 49.7 Å². The van der Waals surface area contributed by atoms with Crippen LogP contribution in [0.4, 0.5) is 0 Å². The van der Waals surface area contributed by atoms with Gasteiger partial charge in [-0.05, 0) is 94.6 Å². The van der Waals surface area contributed by atoms with Gasteiger partial charge >= 0.3 is 0 Å². The lowest BCUT2D eigenvalue weighted by Gasteiger charge is -2.32. The number of carbonyl (C=O) groups is 1. The molecule has 2 aliphatic heterocycles. The van der Waals surface area contributed by atoms with Crippen molar-refractivity contribution in [3.8, 4) is 5.75 Å². The molecular formula is C34H42N4O2. The second-order valence-electron chi connectivity index (χ2n) is 11.6. The van der Waals surface area contributed by atoms with Crippen LogP contribution in [0.3, 0.4) is 0 Å². The lowest BCUT2D eigenvalue weighted by Crippen LogP contribution is -2.37. The van der Waals surface area contributed by atoms with E-state index in [9.17, 15) is 4.79 Å². The first kappa shape index (κ1) is 26.9. The number of likely N-dealkylation sites (tertiary alicyclic amines) is 2. The molecule has 2 aliphatic rings. The Morgan fingerprint density at radius 1 is 0.925 bits per heavy atom. The van der Waals surface area contributed by atoms with Crippen LogP contribution in [0, 0.1) is 0 Å². The minimum absolute atomic E-state index is 0.0139. The lowest BCUT2D eigenvalue weighted by atomic mass is 10.0. The Hall–Kier alpha value is -3.35. The van der Waals surface area contributed by atoms with Crippen LogP contribution in [0.25, 0.3) is 21.8 Å². The maximum Gasteiger partial charge on any atom is 0.251 e. The molecule has 0 saturated carbocycles. The van der Waals surface area contributed by atoms with Gasteiger partial charge in [-0.2, -0.15) is 0 Å². The SMILES string of the molecule is CCn1c2ccccc2c2cc(CN3CCC(Oc4cccc(C(=O)NCCC5CCCN5C)c4)CC3)ccc21. The standard InChI is InChI=1S/C34H42N4O2/c1-3-38-32-12-5-4-11-30(32)31-22-25(13-14-33(31)38)24-37-20-16-28(17-21-37)40-29-10-6-8-26(23-29)34(39)35-18-15-27-9-7-19-36(27)2/h4-6,8,10-14,22-23,27-28H,3,7,9,15-21,24H2,1-2H3,(H,35,39).